The van der Waals surface area contributed by atoms with Crippen LogP contribution in [0.15, 0.2) is 47.8 Å². The van der Waals surface area contributed by atoms with E-state index in [1.54, 1.807) is 17.4 Å². The lowest BCUT2D eigenvalue weighted by molar-refractivity contribution is 0.102. The van der Waals surface area contributed by atoms with Gasteiger partial charge in [-0.15, -0.1) is 11.3 Å². The maximum atomic E-state index is 12.1. The van der Waals surface area contributed by atoms with Crippen LogP contribution in [0.2, 0.25) is 0 Å². The molecule has 0 aliphatic carbocycles. The monoisotopic (exact) mass is 283 g/mol. The van der Waals surface area contributed by atoms with Crippen LogP contribution in [-0.2, 0) is 0 Å². The Labute approximate surface area is 120 Å². The number of thiophene rings is 1. The highest BCUT2D eigenvalue weighted by Gasteiger charge is 2.12. The van der Waals surface area contributed by atoms with Crippen LogP contribution in [0.25, 0.3) is 10.6 Å². The highest BCUT2D eigenvalue weighted by molar-refractivity contribution is 7.13. The summed E-state index contributed by atoms with van der Waals surface area (Å²) >= 11 is 1.60. The molecule has 0 saturated carbocycles. The second-order valence-electron chi connectivity index (χ2n) is 4.46. The number of aromatic nitrogens is 2. The molecule has 2 aromatic heterocycles. The molecule has 0 saturated heterocycles. The number of amides is 1. The zero-order valence-corrected chi connectivity index (χ0v) is 11.7. The van der Waals surface area contributed by atoms with Gasteiger partial charge < -0.3 is 5.32 Å². The Kier molecular flexibility index (Phi) is 3.35. The Morgan fingerprint density at radius 3 is 2.75 bits per heavy atom. The number of hydrogen-bond donors (Lipinski definition) is 2. The molecule has 20 heavy (non-hydrogen) atoms. The zero-order valence-electron chi connectivity index (χ0n) is 10.9. The number of nitrogens with zero attached hydrogens (tertiary/aromatic N) is 1. The van der Waals surface area contributed by atoms with Gasteiger partial charge in [0.1, 0.15) is 0 Å². The van der Waals surface area contributed by atoms with Crippen LogP contribution in [0.1, 0.15) is 16.1 Å². The van der Waals surface area contributed by atoms with Gasteiger partial charge in [-0.2, -0.15) is 5.10 Å². The fourth-order valence-corrected chi connectivity index (χ4v) is 2.52. The predicted octanol–water partition coefficient (Wildman–Crippen LogP) is 3.70. The average molecular weight is 283 g/mol. The highest BCUT2D eigenvalue weighted by Crippen LogP contribution is 2.23. The first kappa shape index (κ1) is 12.6. The van der Waals surface area contributed by atoms with Crippen molar-refractivity contribution in [1.29, 1.82) is 0 Å². The maximum absolute atomic E-state index is 12.1. The lowest BCUT2D eigenvalue weighted by atomic mass is 10.2. The lowest BCUT2D eigenvalue weighted by Gasteiger charge is -2.02. The molecule has 0 spiro atoms. The predicted molar refractivity (Wildman–Crippen MR) is 81.0 cm³/mol. The van der Waals surface area contributed by atoms with Crippen molar-refractivity contribution in [1.82, 2.24) is 10.2 Å². The minimum atomic E-state index is -0.215. The third-order valence-corrected chi connectivity index (χ3v) is 3.81. The first-order valence-electron chi connectivity index (χ1n) is 6.20. The van der Waals surface area contributed by atoms with Crippen LogP contribution in [0.5, 0.6) is 0 Å². The molecule has 2 heterocycles. The van der Waals surface area contributed by atoms with Gasteiger partial charge in [-0.05, 0) is 36.6 Å². The molecule has 0 atom stereocenters. The quantitative estimate of drug-likeness (QED) is 0.770. The van der Waals surface area contributed by atoms with E-state index in [1.807, 2.05) is 48.7 Å². The number of carbonyl (C=O) groups is 1. The number of nitrogens with one attached hydrogen (secondary N) is 2. The fourth-order valence-electron chi connectivity index (χ4n) is 1.83. The molecular formula is C15H13N3OS. The molecule has 2 N–H and O–H groups in total. The standard InChI is InChI=1S/C15H13N3OS/c1-10-4-6-11(7-5-10)16-15(19)13-9-12(17-18-13)14-3-2-8-20-14/h2-9H,1H3,(H,16,19)(H,17,18). The van der Waals surface area contributed by atoms with Crippen LogP contribution in [0.4, 0.5) is 5.69 Å². The number of rotatable bonds is 3. The molecule has 3 aromatic rings. The molecule has 1 aromatic carbocycles. The molecular weight excluding hydrogens is 270 g/mol. The largest absolute Gasteiger partial charge is 0.321 e. The number of H-pyrrole nitrogens is 1. The first-order chi connectivity index (χ1) is 9.72. The van der Waals surface area contributed by atoms with Crippen LogP contribution >= 0.6 is 11.3 Å². The molecule has 4 nitrogen and oxygen atoms in total. The van der Waals surface area contributed by atoms with E-state index in [9.17, 15) is 4.79 Å². The van der Waals surface area contributed by atoms with Crippen molar-refractivity contribution in [2.45, 2.75) is 6.92 Å². The van der Waals surface area contributed by atoms with Gasteiger partial charge in [0.15, 0.2) is 5.69 Å². The van der Waals surface area contributed by atoms with E-state index in [0.29, 0.717) is 5.69 Å². The van der Waals surface area contributed by atoms with Gasteiger partial charge in [-0.3, -0.25) is 9.89 Å². The van der Waals surface area contributed by atoms with Crippen molar-refractivity contribution in [3.63, 3.8) is 0 Å². The molecule has 0 aliphatic rings. The molecule has 0 unspecified atom stereocenters. The van der Waals surface area contributed by atoms with E-state index in [1.165, 1.54) is 0 Å². The van der Waals surface area contributed by atoms with Crippen molar-refractivity contribution in [2.75, 3.05) is 5.32 Å². The summed E-state index contributed by atoms with van der Waals surface area (Å²) in [4.78, 5) is 13.2. The number of hydrogen-bond acceptors (Lipinski definition) is 3. The molecule has 5 heteroatoms. The Bertz CT molecular complexity index is 714. The van der Waals surface area contributed by atoms with Gasteiger partial charge in [0.25, 0.3) is 5.91 Å². The fraction of sp³-hybridized carbons (Fsp3) is 0.0667. The highest BCUT2D eigenvalue weighted by atomic mass is 32.1. The minimum absolute atomic E-state index is 0.215. The number of carbonyl (C=O) groups excluding carboxylic acids is 1. The summed E-state index contributed by atoms with van der Waals surface area (Å²) in [6, 6.07) is 13.4. The van der Waals surface area contributed by atoms with E-state index in [-0.39, 0.29) is 5.91 Å². The van der Waals surface area contributed by atoms with Gasteiger partial charge in [-0.25, -0.2) is 0 Å². The van der Waals surface area contributed by atoms with E-state index in [0.717, 1.165) is 21.8 Å². The molecule has 0 bridgehead atoms. The van der Waals surface area contributed by atoms with Crippen molar-refractivity contribution >= 4 is 22.9 Å². The van der Waals surface area contributed by atoms with Gasteiger partial charge in [0, 0.05) is 5.69 Å². The Morgan fingerprint density at radius 2 is 2.05 bits per heavy atom. The van der Waals surface area contributed by atoms with E-state index in [4.69, 9.17) is 0 Å². The van der Waals surface area contributed by atoms with E-state index < -0.39 is 0 Å². The third-order valence-electron chi connectivity index (χ3n) is 2.91. The summed E-state index contributed by atoms with van der Waals surface area (Å²) in [6.07, 6.45) is 0. The van der Waals surface area contributed by atoms with E-state index in [2.05, 4.69) is 15.5 Å². The first-order valence-corrected chi connectivity index (χ1v) is 7.07. The van der Waals surface area contributed by atoms with Gasteiger partial charge in [0.05, 0.1) is 10.6 Å². The average Bonchev–Trinajstić information content (AvgIpc) is 3.11. The SMILES string of the molecule is Cc1ccc(NC(=O)c2cc(-c3cccs3)[nH]n2)cc1. The second-order valence-corrected chi connectivity index (χ2v) is 5.41. The number of anilines is 1. The van der Waals surface area contributed by atoms with Crippen molar-refractivity contribution in [3.8, 4) is 10.6 Å². The Hall–Kier alpha value is -2.40. The summed E-state index contributed by atoms with van der Waals surface area (Å²) in [7, 11) is 0. The number of aryl methyl sites for hydroxylation is 1. The smallest absolute Gasteiger partial charge is 0.276 e. The molecule has 100 valence electrons. The molecule has 0 radical (unpaired) electrons. The van der Waals surface area contributed by atoms with Crippen LogP contribution in [0.3, 0.4) is 0 Å². The topological polar surface area (TPSA) is 57.8 Å². The normalized spacial score (nSPS) is 10.4. The second kappa shape index (κ2) is 5.30. The number of aromatic amines is 1. The van der Waals surface area contributed by atoms with Crippen molar-refractivity contribution in [2.24, 2.45) is 0 Å². The van der Waals surface area contributed by atoms with Crippen molar-refractivity contribution in [3.05, 3.63) is 59.1 Å². The van der Waals surface area contributed by atoms with E-state index >= 15 is 0 Å². The minimum Gasteiger partial charge on any atom is -0.321 e. The maximum Gasteiger partial charge on any atom is 0.276 e. The molecule has 0 aliphatic heterocycles. The van der Waals surface area contributed by atoms with Gasteiger partial charge in [-0.1, -0.05) is 23.8 Å². The molecule has 1 amide bonds. The third kappa shape index (κ3) is 2.62. The van der Waals surface area contributed by atoms with Crippen LogP contribution in [-0.4, -0.2) is 16.1 Å². The Balaban J connectivity index is 1.76. The van der Waals surface area contributed by atoms with Gasteiger partial charge in [0.2, 0.25) is 0 Å². The summed E-state index contributed by atoms with van der Waals surface area (Å²) in [5, 5.41) is 11.8. The number of benzene rings is 1. The molecule has 3 rings (SSSR count). The summed E-state index contributed by atoms with van der Waals surface area (Å²) in [5.74, 6) is -0.215. The van der Waals surface area contributed by atoms with Crippen LogP contribution < -0.4 is 5.32 Å². The summed E-state index contributed by atoms with van der Waals surface area (Å²) in [6.45, 7) is 2.01. The van der Waals surface area contributed by atoms with Crippen molar-refractivity contribution < 1.29 is 4.79 Å². The summed E-state index contributed by atoms with van der Waals surface area (Å²) in [5.41, 5.74) is 3.16. The zero-order chi connectivity index (χ0) is 13.9. The summed E-state index contributed by atoms with van der Waals surface area (Å²) < 4.78 is 0. The van der Waals surface area contributed by atoms with Crippen LogP contribution in [0, 0.1) is 6.92 Å². The van der Waals surface area contributed by atoms with Gasteiger partial charge >= 0.3 is 0 Å². The lowest BCUT2D eigenvalue weighted by Crippen LogP contribution is -2.12. The Morgan fingerprint density at radius 1 is 1.25 bits per heavy atom. The molecule has 0 fully saturated rings.